The smallest absolute Gasteiger partial charge is 0.223 e. The predicted molar refractivity (Wildman–Crippen MR) is 68.2 cm³/mol. The van der Waals surface area contributed by atoms with Crippen molar-refractivity contribution in [3.8, 4) is 0 Å². The molecular formula is C14H14FN3O2. The fourth-order valence-electron chi connectivity index (χ4n) is 2.41. The van der Waals surface area contributed by atoms with E-state index in [4.69, 9.17) is 4.52 Å². The number of aromatic nitrogens is 2. The van der Waals surface area contributed by atoms with Gasteiger partial charge in [-0.15, -0.1) is 0 Å². The molecule has 1 unspecified atom stereocenters. The van der Waals surface area contributed by atoms with Crippen LogP contribution < -0.4 is 0 Å². The number of carbonyl (C=O) groups excluding carboxylic acids is 1. The maximum absolute atomic E-state index is 13.6. The molecule has 20 heavy (non-hydrogen) atoms. The summed E-state index contributed by atoms with van der Waals surface area (Å²) in [6, 6.07) is 6.48. The predicted octanol–water partition coefficient (Wildman–Crippen LogP) is 2.03. The summed E-state index contributed by atoms with van der Waals surface area (Å²) < 4.78 is 18.5. The van der Waals surface area contributed by atoms with E-state index in [1.807, 2.05) is 0 Å². The molecule has 0 N–H and O–H groups in total. The molecule has 1 aromatic heterocycles. The van der Waals surface area contributed by atoms with Gasteiger partial charge in [-0.1, -0.05) is 23.4 Å². The number of hydrogen-bond donors (Lipinski definition) is 0. The second-order valence-electron chi connectivity index (χ2n) is 4.94. The van der Waals surface area contributed by atoms with Crippen LogP contribution in [0.3, 0.4) is 0 Å². The minimum absolute atomic E-state index is 0.0132. The zero-order valence-electron chi connectivity index (χ0n) is 11.0. The lowest BCUT2D eigenvalue weighted by molar-refractivity contribution is -0.128. The summed E-state index contributed by atoms with van der Waals surface area (Å²) in [5, 5.41) is 3.85. The summed E-state index contributed by atoms with van der Waals surface area (Å²) in [5.41, 5.74) is 0.519. The summed E-state index contributed by atoms with van der Waals surface area (Å²) in [7, 11) is 0. The van der Waals surface area contributed by atoms with Crippen molar-refractivity contribution < 1.29 is 13.7 Å². The highest BCUT2D eigenvalue weighted by molar-refractivity contribution is 5.79. The number of hydrogen-bond acceptors (Lipinski definition) is 4. The van der Waals surface area contributed by atoms with Gasteiger partial charge >= 0.3 is 0 Å². The molecule has 3 rings (SSSR count). The number of amides is 1. The quantitative estimate of drug-likeness (QED) is 0.860. The third-order valence-electron chi connectivity index (χ3n) is 3.44. The Morgan fingerprint density at radius 1 is 1.45 bits per heavy atom. The Bertz CT molecular complexity index is 641. The fraction of sp³-hybridized carbons (Fsp3) is 0.357. The first kappa shape index (κ1) is 12.8. The van der Waals surface area contributed by atoms with Crippen molar-refractivity contribution >= 4 is 5.91 Å². The molecular weight excluding hydrogens is 261 g/mol. The van der Waals surface area contributed by atoms with Gasteiger partial charge in [0, 0.05) is 37.9 Å². The second kappa shape index (κ2) is 5.03. The van der Waals surface area contributed by atoms with Crippen LogP contribution in [-0.4, -0.2) is 27.5 Å². The van der Waals surface area contributed by atoms with Crippen LogP contribution in [0, 0.1) is 12.7 Å². The van der Waals surface area contributed by atoms with Crippen LogP contribution >= 0.6 is 0 Å². The number of halogens is 1. The van der Waals surface area contributed by atoms with Crippen molar-refractivity contribution in [2.75, 3.05) is 6.54 Å². The van der Waals surface area contributed by atoms with Crippen molar-refractivity contribution in [3.63, 3.8) is 0 Å². The number of aryl methyl sites for hydroxylation is 1. The summed E-state index contributed by atoms with van der Waals surface area (Å²) in [5.74, 6) is 0.651. The van der Waals surface area contributed by atoms with Crippen LogP contribution in [0.4, 0.5) is 4.39 Å². The van der Waals surface area contributed by atoms with Crippen LogP contribution in [0.2, 0.25) is 0 Å². The van der Waals surface area contributed by atoms with E-state index in [0.29, 0.717) is 30.2 Å². The Balaban J connectivity index is 1.73. The lowest BCUT2D eigenvalue weighted by atomic mass is 10.1. The number of likely N-dealkylation sites (tertiary alicyclic amines) is 1. The van der Waals surface area contributed by atoms with E-state index in [2.05, 4.69) is 10.1 Å². The van der Waals surface area contributed by atoms with Gasteiger partial charge in [-0.05, 0) is 6.07 Å². The maximum atomic E-state index is 13.6. The minimum Gasteiger partial charge on any atom is -0.340 e. The van der Waals surface area contributed by atoms with E-state index in [1.165, 1.54) is 6.07 Å². The number of benzene rings is 1. The Morgan fingerprint density at radius 3 is 2.95 bits per heavy atom. The first-order chi connectivity index (χ1) is 9.63. The monoisotopic (exact) mass is 275 g/mol. The highest BCUT2D eigenvalue weighted by Crippen LogP contribution is 2.27. The average molecular weight is 275 g/mol. The Labute approximate surface area is 115 Å². The highest BCUT2D eigenvalue weighted by atomic mass is 19.1. The van der Waals surface area contributed by atoms with Crippen molar-refractivity contribution in [1.82, 2.24) is 15.0 Å². The molecule has 0 aliphatic carbocycles. The number of carbonyl (C=O) groups is 1. The zero-order valence-corrected chi connectivity index (χ0v) is 11.0. The lowest BCUT2D eigenvalue weighted by Gasteiger charge is -2.16. The lowest BCUT2D eigenvalue weighted by Crippen LogP contribution is -2.25. The Kier molecular flexibility index (Phi) is 3.22. The molecule has 0 spiro atoms. The number of nitrogens with zero attached hydrogens (tertiary/aromatic N) is 3. The van der Waals surface area contributed by atoms with Crippen LogP contribution in [0.1, 0.15) is 29.6 Å². The zero-order chi connectivity index (χ0) is 14.1. The fourth-order valence-corrected chi connectivity index (χ4v) is 2.41. The van der Waals surface area contributed by atoms with Crippen LogP contribution in [-0.2, 0) is 11.3 Å². The van der Waals surface area contributed by atoms with Crippen molar-refractivity contribution in [1.29, 1.82) is 0 Å². The topological polar surface area (TPSA) is 59.2 Å². The molecule has 5 nitrogen and oxygen atoms in total. The van der Waals surface area contributed by atoms with E-state index in [0.717, 1.165) is 0 Å². The molecule has 1 aromatic carbocycles. The minimum atomic E-state index is -0.292. The van der Waals surface area contributed by atoms with Crippen molar-refractivity contribution in [3.05, 3.63) is 47.4 Å². The van der Waals surface area contributed by atoms with Crippen LogP contribution in [0.25, 0.3) is 0 Å². The van der Waals surface area contributed by atoms with E-state index in [1.54, 1.807) is 30.0 Å². The van der Waals surface area contributed by atoms with E-state index < -0.39 is 0 Å². The third-order valence-corrected chi connectivity index (χ3v) is 3.44. The average Bonchev–Trinajstić information content (AvgIpc) is 2.99. The molecule has 104 valence electrons. The maximum Gasteiger partial charge on any atom is 0.223 e. The van der Waals surface area contributed by atoms with Crippen molar-refractivity contribution in [2.24, 2.45) is 0 Å². The molecule has 1 aliphatic heterocycles. The van der Waals surface area contributed by atoms with E-state index in [-0.39, 0.29) is 24.2 Å². The Hall–Kier alpha value is -2.24. The van der Waals surface area contributed by atoms with Gasteiger partial charge in [-0.25, -0.2) is 4.39 Å². The molecule has 2 aromatic rings. The van der Waals surface area contributed by atoms with Gasteiger partial charge in [0.15, 0.2) is 5.82 Å². The number of rotatable bonds is 3. The SMILES string of the molecule is Cc1nc(C2CC(=O)N(Cc3ccccc3F)C2)no1. The summed E-state index contributed by atoms with van der Waals surface area (Å²) >= 11 is 0. The summed E-state index contributed by atoms with van der Waals surface area (Å²) in [4.78, 5) is 17.8. The van der Waals surface area contributed by atoms with E-state index in [9.17, 15) is 9.18 Å². The van der Waals surface area contributed by atoms with Crippen molar-refractivity contribution in [2.45, 2.75) is 25.8 Å². The molecule has 1 atom stereocenters. The second-order valence-corrected chi connectivity index (χ2v) is 4.94. The normalized spacial score (nSPS) is 18.8. The first-order valence-electron chi connectivity index (χ1n) is 6.45. The standard InChI is InChI=1S/C14H14FN3O2/c1-9-16-14(17-20-9)11-6-13(19)18(8-11)7-10-4-2-3-5-12(10)15/h2-5,11H,6-8H2,1H3. The molecule has 0 saturated carbocycles. The van der Waals surface area contributed by atoms with Gasteiger partial charge < -0.3 is 9.42 Å². The molecule has 0 bridgehead atoms. The molecule has 1 saturated heterocycles. The molecule has 1 aliphatic rings. The van der Waals surface area contributed by atoms with Gasteiger partial charge in [0.1, 0.15) is 5.82 Å². The van der Waals surface area contributed by atoms with Gasteiger partial charge in [-0.2, -0.15) is 4.98 Å². The summed E-state index contributed by atoms with van der Waals surface area (Å²) in [6.45, 7) is 2.48. The largest absolute Gasteiger partial charge is 0.340 e. The van der Waals surface area contributed by atoms with Gasteiger partial charge in [0.25, 0.3) is 0 Å². The molecule has 6 heteroatoms. The Morgan fingerprint density at radius 2 is 2.25 bits per heavy atom. The van der Waals surface area contributed by atoms with Gasteiger partial charge in [0.05, 0.1) is 0 Å². The van der Waals surface area contributed by atoms with Gasteiger partial charge in [0.2, 0.25) is 11.8 Å². The molecule has 1 amide bonds. The summed E-state index contributed by atoms with van der Waals surface area (Å²) in [6.07, 6.45) is 0.341. The highest BCUT2D eigenvalue weighted by Gasteiger charge is 2.33. The molecule has 0 radical (unpaired) electrons. The van der Waals surface area contributed by atoms with E-state index >= 15 is 0 Å². The first-order valence-corrected chi connectivity index (χ1v) is 6.45. The van der Waals surface area contributed by atoms with Gasteiger partial charge in [-0.3, -0.25) is 4.79 Å². The van der Waals surface area contributed by atoms with Crippen LogP contribution in [0.15, 0.2) is 28.8 Å². The molecule has 1 fully saturated rings. The third kappa shape index (κ3) is 2.41. The molecule has 2 heterocycles. The van der Waals surface area contributed by atoms with Crippen LogP contribution in [0.5, 0.6) is 0 Å².